The number of nitrogens with zero attached hydrogens (tertiary/aromatic N) is 4. The van der Waals surface area contributed by atoms with Crippen molar-refractivity contribution in [1.82, 2.24) is 19.9 Å². The van der Waals surface area contributed by atoms with Gasteiger partial charge in [0.2, 0.25) is 0 Å². The molecule has 0 aliphatic carbocycles. The highest BCUT2D eigenvalue weighted by Crippen LogP contribution is 2.29. The molecule has 26 heavy (non-hydrogen) atoms. The highest BCUT2D eigenvalue weighted by Gasteiger charge is 2.17. The van der Waals surface area contributed by atoms with Crippen LogP contribution in [0.15, 0.2) is 67.1 Å². The van der Waals surface area contributed by atoms with Crippen LogP contribution in [0.2, 0.25) is 5.02 Å². The zero-order valence-electron chi connectivity index (χ0n) is 14.1. The summed E-state index contributed by atoms with van der Waals surface area (Å²) < 4.78 is 0. The number of pyridine rings is 2. The second-order valence-corrected chi connectivity index (χ2v) is 6.35. The first-order valence-corrected chi connectivity index (χ1v) is 8.60. The van der Waals surface area contributed by atoms with Crippen molar-refractivity contribution < 1.29 is 0 Å². The Morgan fingerprint density at radius 3 is 2.50 bits per heavy atom. The molecule has 128 valence electrons. The number of aryl methyl sites for hydroxylation is 1. The average molecular weight is 362 g/mol. The van der Waals surface area contributed by atoms with E-state index >= 15 is 0 Å². The van der Waals surface area contributed by atoms with E-state index in [1.807, 2.05) is 61.7 Å². The molecule has 1 aromatic carbocycles. The Bertz CT molecular complexity index is 1030. The molecule has 3 aromatic heterocycles. The summed E-state index contributed by atoms with van der Waals surface area (Å²) in [5.41, 5.74) is 2.77. The van der Waals surface area contributed by atoms with Gasteiger partial charge in [0.05, 0.1) is 11.4 Å². The lowest BCUT2D eigenvalue weighted by Gasteiger charge is -2.21. The van der Waals surface area contributed by atoms with Gasteiger partial charge in [0.15, 0.2) is 5.65 Å². The van der Waals surface area contributed by atoms with E-state index in [2.05, 4.69) is 25.3 Å². The normalized spacial score (nSPS) is 12.1. The molecule has 4 rings (SSSR count). The third kappa shape index (κ3) is 3.34. The Labute approximate surface area is 156 Å². The summed E-state index contributed by atoms with van der Waals surface area (Å²) in [6, 6.07) is 15.4. The van der Waals surface area contributed by atoms with Crippen molar-refractivity contribution >= 4 is 28.5 Å². The van der Waals surface area contributed by atoms with Gasteiger partial charge < -0.3 is 5.32 Å². The predicted octanol–water partition coefficient (Wildman–Crippen LogP) is 4.58. The number of benzene rings is 1. The first kappa shape index (κ1) is 16.4. The van der Waals surface area contributed by atoms with E-state index in [0.717, 1.165) is 22.3 Å². The molecule has 0 saturated carbocycles. The predicted molar refractivity (Wildman–Crippen MR) is 103 cm³/mol. The van der Waals surface area contributed by atoms with Gasteiger partial charge >= 0.3 is 0 Å². The van der Waals surface area contributed by atoms with Crippen LogP contribution in [0.3, 0.4) is 0 Å². The summed E-state index contributed by atoms with van der Waals surface area (Å²) in [7, 11) is 0. The molecule has 3 heterocycles. The van der Waals surface area contributed by atoms with Crippen molar-refractivity contribution in [1.29, 1.82) is 0 Å². The van der Waals surface area contributed by atoms with Gasteiger partial charge in [-0.3, -0.25) is 4.98 Å². The lowest BCUT2D eigenvalue weighted by molar-refractivity contribution is 0.911. The number of rotatable bonds is 4. The van der Waals surface area contributed by atoms with E-state index in [9.17, 15) is 0 Å². The molecule has 0 unspecified atom stereocenters. The van der Waals surface area contributed by atoms with Gasteiger partial charge in [0.25, 0.3) is 0 Å². The number of aromatic nitrogens is 4. The first-order chi connectivity index (χ1) is 12.7. The van der Waals surface area contributed by atoms with Crippen LogP contribution in [0.4, 0.5) is 5.82 Å². The Morgan fingerprint density at radius 1 is 0.923 bits per heavy atom. The van der Waals surface area contributed by atoms with Crippen LogP contribution in [-0.2, 0) is 0 Å². The van der Waals surface area contributed by atoms with Crippen molar-refractivity contribution in [3.63, 3.8) is 0 Å². The van der Waals surface area contributed by atoms with Crippen LogP contribution in [0.25, 0.3) is 11.0 Å². The van der Waals surface area contributed by atoms with Crippen LogP contribution < -0.4 is 5.32 Å². The largest absolute Gasteiger partial charge is 0.358 e. The van der Waals surface area contributed by atoms with Crippen LogP contribution >= 0.6 is 11.6 Å². The molecular formula is C20H16ClN5. The summed E-state index contributed by atoms with van der Waals surface area (Å²) in [4.78, 5) is 17.6. The third-order valence-electron chi connectivity index (χ3n) is 4.09. The molecule has 0 aliphatic rings. The Hall–Kier alpha value is -3.05. The van der Waals surface area contributed by atoms with Gasteiger partial charge in [-0.15, -0.1) is 0 Å². The molecule has 1 N–H and O–H groups in total. The smallest absolute Gasteiger partial charge is 0.164 e. The van der Waals surface area contributed by atoms with Crippen LogP contribution in [0.1, 0.15) is 23.0 Å². The molecule has 0 amide bonds. The fourth-order valence-corrected chi connectivity index (χ4v) is 3.00. The van der Waals surface area contributed by atoms with Gasteiger partial charge in [-0.25, -0.2) is 15.0 Å². The van der Waals surface area contributed by atoms with Gasteiger partial charge in [0, 0.05) is 23.6 Å². The van der Waals surface area contributed by atoms with Crippen molar-refractivity contribution in [2.24, 2.45) is 0 Å². The summed E-state index contributed by atoms with van der Waals surface area (Å²) in [5, 5.41) is 5.12. The SMILES string of the molecule is Cc1nc(N[C@@H](c2ccc(Cl)cc2)c2cccnc2)c2cccnc2n1. The Morgan fingerprint density at radius 2 is 1.73 bits per heavy atom. The molecule has 1 atom stereocenters. The van der Waals surface area contributed by atoms with Gasteiger partial charge in [0.1, 0.15) is 11.6 Å². The molecule has 5 nitrogen and oxygen atoms in total. The minimum absolute atomic E-state index is 0.126. The molecule has 0 radical (unpaired) electrons. The van der Waals surface area contributed by atoms with Crippen LogP contribution in [0, 0.1) is 6.92 Å². The highest BCUT2D eigenvalue weighted by atomic mass is 35.5. The van der Waals surface area contributed by atoms with Crippen molar-refractivity contribution in [3.05, 3.63) is 89.1 Å². The zero-order valence-corrected chi connectivity index (χ0v) is 14.9. The van der Waals surface area contributed by atoms with E-state index in [0.29, 0.717) is 16.5 Å². The Balaban J connectivity index is 1.82. The lowest BCUT2D eigenvalue weighted by Crippen LogP contribution is -2.14. The van der Waals surface area contributed by atoms with Crippen molar-refractivity contribution in [3.8, 4) is 0 Å². The van der Waals surface area contributed by atoms with Gasteiger partial charge in [-0.05, 0) is 48.4 Å². The molecule has 0 fully saturated rings. The maximum absolute atomic E-state index is 6.06. The molecule has 4 aromatic rings. The van der Waals surface area contributed by atoms with Crippen molar-refractivity contribution in [2.45, 2.75) is 13.0 Å². The maximum Gasteiger partial charge on any atom is 0.164 e. The molecule has 0 bridgehead atoms. The quantitative estimate of drug-likeness (QED) is 0.576. The van der Waals surface area contributed by atoms with Crippen molar-refractivity contribution in [2.75, 3.05) is 5.32 Å². The number of fused-ring (bicyclic) bond motifs is 1. The van der Waals surface area contributed by atoms with Gasteiger partial charge in [-0.1, -0.05) is 29.8 Å². The zero-order chi connectivity index (χ0) is 17.9. The number of halogens is 1. The number of hydrogen-bond acceptors (Lipinski definition) is 5. The highest BCUT2D eigenvalue weighted by molar-refractivity contribution is 6.30. The molecule has 0 saturated heterocycles. The number of anilines is 1. The summed E-state index contributed by atoms with van der Waals surface area (Å²) in [6.07, 6.45) is 5.34. The third-order valence-corrected chi connectivity index (χ3v) is 4.34. The fourth-order valence-electron chi connectivity index (χ4n) is 2.88. The Kier molecular flexibility index (Phi) is 4.46. The van der Waals surface area contributed by atoms with E-state index < -0.39 is 0 Å². The molecule has 0 aliphatic heterocycles. The number of hydrogen-bond donors (Lipinski definition) is 1. The van der Waals surface area contributed by atoms with E-state index in [1.165, 1.54) is 0 Å². The molecular weight excluding hydrogens is 346 g/mol. The minimum Gasteiger partial charge on any atom is -0.358 e. The fraction of sp³-hybridized carbons (Fsp3) is 0.100. The number of nitrogens with one attached hydrogen (secondary N) is 1. The summed E-state index contributed by atoms with van der Waals surface area (Å²) in [5.74, 6) is 1.41. The standard InChI is InChI=1S/C20H16ClN5/c1-13-24-19-17(5-3-11-23-19)20(25-13)26-18(15-4-2-10-22-12-15)14-6-8-16(21)9-7-14/h2-12,18H,1H3,(H,23,24,25,26)/t18-/m0/s1. The second-order valence-electron chi connectivity index (χ2n) is 5.91. The van der Waals surface area contributed by atoms with Crippen LogP contribution in [-0.4, -0.2) is 19.9 Å². The first-order valence-electron chi connectivity index (χ1n) is 8.22. The maximum atomic E-state index is 6.06. The topological polar surface area (TPSA) is 63.6 Å². The summed E-state index contributed by atoms with van der Waals surface area (Å²) >= 11 is 6.06. The lowest BCUT2D eigenvalue weighted by atomic mass is 10.00. The second kappa shape index (κ2) is 7.06. The monoisotopic (exact) mass is 361 g/mol. The molecule has 0 spiro atoms. The minimum atomic E-state index is -0.126. The molecule has 6 heteroatoms. The van der Waals surface area contributed by atoms with E-state index in [-0.39, 0.29) is 6.04 Å². The van der Waals surface area contributed by atoms with Gasteiger partial charge in [-0.2, -0.15) is 0 Å². The van der Waals surface area contributed by atoms with E-state index in [1.54, 1.807) is 12.4 Å². The van der Waals surface area contributed by atoms with Crippen LogP contribution in [0.5, 0.6) is 0 Å². The average Bonchev–Trinajstić information content (AvgIpc) is 2.67. The summed E-state index contributed by atoms with van der Waals surface area (Å²) in [6.45, 7) is 1.86. The van der Waals surface area contributed by atoms with E-state index in [4.69, 9.17) is 11.6 Å².